The largest absolute Gasteiger partial charge is 0.103 e. The van der Waals surface area contributed by atoms with Crippen LogP contribution in [-0.2, 0) is 0 Å². The van der Waals surface area contributed by atoms with Gasteiger partial charge >= 0.3 is 0 Å². The molecular weight excluding hydrogens is 127 g/mol. The zero-order valence-electron chi connectivity index (χ0n) is 7.02. The van der Waals surface area contributed by atoms with Crippen molar-refractivity contribution in [3.8, 4) is 0 Å². The Kier molecular flexibility index (Phi) is 3.43. The topological polar surface area (TPSA) is 0 Å². The molecule has 0 aliphatic carbocycles. The fraction of sp³-hybridized carbons (Fsp3) is 0.750. The predicted molar refractivity (Wildman–Crippen MR) is 48.9 cm³/mol. The highest BCUT2D eigenvalue weighted by Gasteiger charge is 2.18. The molecule has 0 heterocycles. The Labute approximate surface area is 59.7 Å². The van der Waals surface area contributed by atoms with E-state index in [1.54, 1.807) is 0 Å². The molecule has 0 bridgehead atoms. The zero-order valence-corrected chi connectivity index (χ0v) is 7.91. The summed E-state index contributed by atoms with van der Waals surface area (Å²) < 4.78 is 0. The minimum atomic E-state index is -0.560. The summed E-state index contributed by atoms with van der Waals surface area (Å²) in [5.41, 5.74) is 0. The van der Waals surface area contributed by atoms with E-state index in [-0.39, 0.29) is 0 Å². The van der Waals surface area contributed by atoms with Gasteiger partial charge in [-0.05, 0) is 0 Å². The molecule has 54 valence electrons. The fourth-order valence-electron chi connectivity index (χ4n) is 0.938. The number of allylic oxidation sites excluding steroid dienone is 1. The van der Waals surface area contributed by atoms with E-state index >= 15 is 0 Å². The molecule has 1 heteroatoms. The molecule has 0 aromatic rings. The quantitative estimate of drug-likeness (QED) is 0.423. The summed E-state index contributed by atoms with van der Waals surface area (Å²) in [5, 5.41) is 0. The summed E-state index contributed by atoms with van der Waals surface area (Å²) in [4.78, 5) is 0. The minimum Gasteiger partial charge on any atom is -0.103 e. The van der Waals surface area contributed by atoms with Crippen molar-refractivity contribution >= 4 is 7.26 Å². The third-order valence-electron chi connectivity index (χ3n) is 1.24. The Morgan fingerprint density at radius 1 is 1.44 bits per heavy atom. The lowest BCUT2D eigenvalue weighted by Crippen LogP contribution is -2.01. The highest BCUT2D eigenvalue weighted by atomic mass is 31.2. The molecule has 0 N–H and O–H groups in total. The fourth-order valence-corrected chi connectivity index (χ4v) is 2.82. The molecule has 1 atom stereocenters. The maximum absolute atomic E-state index is 3.76. The Morgan fingerprint density at radius 2 is 1.89 bits per heavy atom. The maximum Gasteiger partial charge on any atom is 0.0646 e. The molecular formula is C8H18P+. The van der Waals surface area contributed by atoms with E-state index in [1.807, 2.05) is 6.08 Å². The lowest BCUT2D eigenvalue weighted by Gasteiger charge is -2.14. The van der Waals surface area contributed by atoms with Gasteiger partial charge in [0.1, 0.15) is 0 Å². The zero-order chi connectivity index (χ0) is 7.49. The molecule has 0 aromatic carbocycles. The molecule has 0 fully saturated rings. The molecule has 0 aliphatic heterocycles. The summed E-state index contributed by atoms with van der Waals surface area (Å²) in [7, 11) is -0.560. The van der Waals surface area contributed by atoms with Gasteiger partial charge in [0, 0.05) is 33.2 Å². The third-order valence-corrected chi connectivity index (χ3v) is 2.91. The van der Waals surface area contributed by atoms with Gasteiger partial charge in [0.25, 0.3) is 0 Å². The van der Waals surface area contributed by atoms with Crippen LogP contribution >= 0.6 is 7.26 Å². The van der Waals surface area contributed by atoms with Gasteiger partial charge in [-0.15, -0.1) is 6.58 Å². The van der Waals surface area contributed by atoms with Gasteiger partial charge < -0.3 is 0 Å². The van der Waals surface area contributed by atoms with Crippen LogP contribution in [0.3, 0.4) is 0 Å². The monoisotopic (exact) mass is 145 g/mol. The summed E-state index contributed by atoms with van der Waals surface area (Å²) in [5.74, 6) is 0.707. The lowest BCUT2D eigenvalue weighted by molar-refractivity contribution is 0.840. The van der Waals surface area contributed by atoms with E-state index in [4.69, 9.17) is 0 Å². The van der Waals surface area contributed by atoms with Crippen molar-refractivity contribution in [2.24, 2.45) is 5.92 Å². The molecule has 0 spiro atoms. The van der Waals surface area contributed by atoms with Gasteiger partial charge in [0.15, 0.2) is 0 Å². The van der Waals surface area contributed by atoms with Crippen LogP contribution in [0.15, 0.2) is 12.7 Å². The van der Waals surface area contributed by atoms with Gasteiger partial charge in [-0.3, -0.25) is 0 Å². The third kappa shape index (κ3) is 6.05. The van der Waals surface area contributed by atoms with Crippen molar-refractivity contribution in [3.05, 3.63) is 12.7 Å². The molecule has 0 rings (SSSR count). The molecule has 0 aromatic heterocycles. The molecule has 0 saturated heterocycles. The Balaban J connectivity index is 3.59. The van der Waals surface area contributed by atoms with Crippen molar-refractivity contribution in [1.82, 2.24) is 0 Å². The van der Waals surface area contributed by atoms with Crippen LogP contribution in [0, 0.1) is 5.92 Å². The molecule has 0 radical (unpaired) electrons. The first-order chi connectivity index (χ1) is 3.95. The average Bonchev–Trinajstić information content (AvgIpc) is 1.62. The second-order valence-corrected chi connectivity index (χ2v) is 8.63. The van der Waals surface area contributed by atoms with E-state index in [2.05, 4.69) is 33.5 Å². The predicted octanol–water partition coefficient (Wildman–Crippen LogP) is 2.72. The van der Waals surface area contributed by atoms with Gasteiger partial charge in [0.2, 0.25) is 0 Å². The van der Waals surface area contributed by atoms with Crippen LogP contribution in [0.2, 0.25) is 0 Å². The van der Waals surface area contributed by atoms with E-state index < -0.39 is 7.26 Å². The van der Waals surface area contributed by atoms with Gasteiger partial charge in [-0.1, -0.05) is 13.0 Å². The first kappa shape index (κ1) is 9.17. The Hall–Kier alpha value is 0.170. The van der Waals surface area contributed by atoms with Crippen molar-refractivity contribution in [2.75, 3.05) is 26.2 Å². The average molecular weight is 145 g/mol. The second kappa shape index (κ2) is 3.37. The highest BCUT2D eigenvalue weighted by molar-refractivity contribution is 7.73. The van der Waals surface area contributed by atoms with Crippen LogP contribution in [-0.4, -0.2) is 26.2 Å². The molecule has 0 amide bonds. The van der Waals surface area contributed by atoms with Crippen molar-refractivity contribution in [3.63, 3.8) is 0 Å². The van der Waals surface area contributed by atoms with Crippen molar-refractivity contribution in [2.45, 2.75) is 6.92 Å². The van der Waals surface area contributed by atoms with Gasteiger partial charge in [0.05, 0.1) is 6.16 Å². The SMILES string of the molecule is C=CC(C)C[P+](C)(C)C. The minimum absolute atomic E-state index is 0.560. The van der Waals surface area contributed by atoms with Crippen LogP contribution in [0.4, 0.5) is 0 Å². The summed E-state index contributed by atoms with van der Waals surface area (Å²) >= 11 is 0. The summed E-state index contributed by atoms with van der Waals surface area (Å²) in [6.07, 6.45) is 3.39. The second-order valence-electron chi connectivity index (χ2n) is 3.69. The van der Waals surface area contributed by atoms with Crippen LogP contribution in [0.5, 0.6) is 0 Å². The Morgan fingerprint density at radius 3 is 2.00 bits per heavy atom. The van der Waals surface area contributed by atoms with Crippen LogP contribution in [0.1, 0.15) is 6.92 Å². The number of hydrogen-bond acceptors (Lipinski definition) is 0. The molecule has 1 unspecified atom stereocenters. The van der Waals surface area contributed by atoms with Gasteiger partial charge in [-0.2, -0.15) is 0 Å². The number of hydrogen-bond donors (Lipinski definition) is 0. The van der Waals surface area contributed by atoms with Crippen molar-refractivity contribution in [1.29, 1.82) is 0 Å². The molecule has 9 heavy (non-hydrogen) atoms. The van der Waals surface area contributed by atoms with E-state index in [9.17, 15) is 0 Å². The lowest BCUT2D eigenvalue weighted by atomic mass is 10.2. The first-order valence-corrected chi connectivity index (χ1v) is 6.70. The van der Waals surface area contributed by atoms with Crippen LogP contribution in [0.25, 0.3) is 0 Å². The molecule has 0 nitrogen and oxygen atoms in total. The smallest absolute Gasteiger partial charge is 0.0646 e. The van der Waals surface area contributed by atoms with E-state index in [1.165, 1.54) is 6.16 Å². The maximum atomic E-state index is 3.76. The number of rotatable bonds is 3. The van der Waals surface area contributed by atoms with Crippen LogP contribution < -0.4 is 0 Å². The highest BCUT2D eigenvalue weighted by Crippen LogP contribution is 2.48. The normalized spacial score (nSPS) is 15.1. The first-order valence-electron chi connectivity index (χ1n) is 3.39. The van der Waals surface area contributed by atoms with Crippen molar-refractivity contribution < 1.29 is 0 Å². The standard InChI is InChI=1S/C8H18P/c1-6-8(2)7-9(3,4)5/h6,8H,1,7H2,2-5H3/q+1. The van der Waals surface area contributed by atoms with E-state index in [0.717, 1.165) is 0 Å². The van der Waals surface area contributed by atoms with E-state index in [0.29, 0.717) is 5.92 Å². The molecule has 0 aliphatic rings. The summed E-state index contributed by atoms with van der Waals surface area (Å²) in [6, 6.07) is 0. The molecule has 0 saturated carbocycles. The van der Waals surface area contributed by atoms with Gasteiger partial charge in [-0.25, -0.2) is 0 Å². The summed E-state index contributed by atoms with van der Waals surface area (Å²) in [6.45, 7) is 13.1. The Bertz CT molecular complexity index is 89.2.